The second-order valence-electron chi connectivity index (χ2n) is 1.75. The van der Waals surface area contributed by atoms with Crippen LogP contribution >= 0.6 is 15.9 Å². The van der Waals surface area contributed by atoms with E-state index >= 15 is 0 Å². The third-order valence-electron chi connectivity index (χ3n) is 0.614. The monoisotopic (exact) mass is 268 g/mol. The zero-order chi connectivity index (χ0) is 10.0. The first-order valence-corrected chi connectivity index (χ1v) is 5.36. The van der Waals surface area contributed by atoms with Crippen molar-refractivity contribution >= 4 is 25.9 Å². The molecular weight excluding hydrogens is 257 g/mol. The average Bonchev–Trinajstić information content (AvgIpc) is 1.87. The third-order valence-corrected chi connectivity index (χ3v) is 1.48. The highest BCUT2D eigenvalue weighted by Gasteiger charge is 2.25. The fraction of sp³-hybridized carbons (Fsp3) is 1.00. The van der Waals surface area contributed by atoms with Crippen molar-refractivity contribution in [3.05, 3.63) is 0 Å². The predicted octanol–water partition coefficient (Wildman–Crippen LogP) is 1.61. The Bertz CT molecular complexity index is 89.3. The van der Waals surface area contributed by atoms with Crippen LogP contribution in [0.3, 0.4) is 0 Å². The smallest absolute Gasteiger partial charge is 0.389 e. The standard InChI is InChI=1S/C3H4BrF3.C2H8O2Si/c4-2-1-3(5,6)7;1-3-5-4-2/h1-2H2;5H2,1-2H3. The van der Waals surface area contributed by atoms with Crippen LogP contribution in [-0.2, 0) is 8.85 Å². The molecule has 0 aliphatic rings. The van der Waals surface area contributed by atoms with Crippen LogP contribution in [0.1, 0.15) is 6.42 Å². The van der Waals surface area contributed by atoms with E-state index in [2.05, 4.69) is 24.8 Å². The molecule has 0 N–H and O–H groups in total. The van der Waals surface area contributed by atoms with Gasteiger partial charge in [0.05, 0.1) is 6.42 Å². The van der Waals surface area contributed by atoms with Gasteiger partial charge >= 0.3 is 16.2 Å². The van der Waals surface area contributed by atoms with Crippen LogP contribution in [0.25, 0.3) is 0 Å². The van der Waals surface area contributed by atoms with Crippen molar-refractivity contribution in [3.63, 3.8) is 0 Å². The van der Waals surface area contributed by atoms with Gasteiger partial charge in [-0.3, -0.25) is 0 Å². The molecule has 0 heterocycles. The van der Waals surface area contributed by atoms with Gasteiger partial charge in [-0.15, -0.1) is 0 Å². The molecule has 0 amide bonds. The van der Waals surface area contributed by atoms with Gasteiger partial charge in [0, 0.05) is 19.5 Å². The molecule has 0 aromatic carbocycles. The molecule has 0 aromatic heterocycles. The van der Waals surface area contributed by atoms with Gasteiger partial charge in [-0.1, -0.05) is 15.9 Å². The summed E-state index contributed by atoms with van der Waals surface area (Å²) in [6, 6.07) is 0. The van der Waals surface area contributed by atoms with Gasteiger partial charge < -0.3 is 8.85 Å². The van der Waals surface area contributed by atoms with Crippen LogP contribution < -0.4 is 0 Å². The SMILES string of the molecule is CO[SiH2]OC.FC(F)(F)CCBr. The molecule has 0 saturated carbocycles. The molecule has 0 rings (SSSR count). The maximum absolute atomic E-state index is 11.0. The molecule has 0 aliphatic carbocycles. The molecule has 76 valence electrons. The number of hydrogen-bond acceptors (Lipinski definition) is 2. The van der Waals surface area contributed by atoms with Crippen molar-refractivity contribution in [3.8, 4) is 0 Å². The summed E-state index contributed by atoms with van der Waals surface area (Å²) >= 11 is 2.67. The third kappa shape index (κ3) is 22.4. The number of hydrogen-bond donors (Lipinski definition) is 0. The molecule has 7 heteroatoms. The quantitative estimate of drug-likeness (QED) is 0.572. The van der Waals surface area contributed by atoms with Crippen LogP contribution in [0.15, 0.2) is 0 Å². The van der Waals surface area contributed by atoms with Crippen molar-refractivity contribution in [1.82, 2.24) is 0 Å². The molecule has 0 radical (unpaired) electrons. The summed E-state index contributed by atoms with van der Waals surface area (Å²) in [5, 5.41) is -0.00347. The highest BCUT2D eigenvalue weighted by molar-refractivity contribution is 9.09. The Morgan fingerprint density at radius 2 is 1.67 bits per heavy atom. The molecule has 0 spiro atoms. The molecule has 0 bridgehead atoms. The van der Waals surface area contributed by atoms with Crippen LogP contribution in [0.4, 0.5) is 13.2 Å². The maximum Gasteiger partial charge on any atom is 0.389 e. The van der Waals surface area contributed by atoms with Gasteiger partial charge in [0.2, 0.25) is 0 Å². The van der Waals surface area contributed by atoms with Gasteiger partial charge in [0.25, 0.3) is 0 Å². The summed E-state index contributed by atoms with van der Waals surface area (Å²) in [6.45, 7) is 0. The molecule has 0 aliphatic heterocycles. The molecule has 0 atom stereocenters. The Labute approximate surface area is 80.6 Å². The number of halogens is 4. The number of rotatable bonds is 3. The second kappa shape index (κ2) is 9.49. The van der Waals surface area contributed by atoms with E-state index in [4.69, 9.17) is 0 Å². The minimum Gasteiger partial charge on any atom is -0.402 e. The van der Waals surface area contributed by atoms with Crippen LogP contribution in [-0.4, -0.2) is 35.7 Å². The van der Waals surface area contributed by atoms with E-state index in [1.54, 1.807) is 14.2 Å². The number of alkyl halides is 4. The van der Waals surface area contributed by atoms with Crippen molar-refractivity contribution in [2.45, 2.75) is 12.6 Å². The first-order chi connectivity index (χ1) is 5.47. The lowest BCUT2D eigenvalue weighted by Gasteiger charge is -1.99. The summed E-state index contributed by atoms with van der Waals surface area (Å²) in [4.78, 5) is 0. The zero-order valence-corrected chi connectivity index (χ0v) is 9.95. The van der Waals surface area contributed by atoms with Gasteiger partial charge in [-0.05, 0) is 0 Å². The Morgan fingerprint density at radius 3 is 1.67 bits per heavy atom. The van der Waals surface area contributed by atoms with E-state index in [1.165, 1.54) is 0 Å². The summed E-state index contributed by atoms with van der Waals surface area (Å²) in [5.74, 6) is 0. The van der Waals surface area contributed by atoms with E-state index in [1.807, 2.05) is 0 Å². The normalized spacial score (nSPS) is 10.5. The minimum absolute atomic E-state index is 0.00347. The fourth-order valence-electron chi connectivity index (χ4n) is 0.225. The Balaban J connectivity index is 0. The Hall–Kier alpha value is 0.407. The zero-order valence-electron chi connectivity index (χ0n) is 6.95. The summed E-state index contributed by atoms with van der Waals surface area (Å²) in [7, 11) is 2.73. The Morgan fingerprint density at radius 1 is 1.25 bits per heavy atom. The van der Waals surface area contributed by atoms with Crippen molar-refractivity contribution in [2.24, 2.45) is 0 Å². The molecule has 2 nitrogen and oxygen atoms in total. The molecular formula is C5H12BrF3O2Si. The van der Waals surface area contributed by atoms with E-state index in [0.717, 1.165) is 0 Å². The molecule has 0 unspecified atom stereocenters. The first kappa shape index (κ1) is 14.9. The van der Waals surface area contributed by atoms with Crippen molar-refractivity contribution < 1.29 is 22.0 Å². The molecule has 0 saturated heterocycles. The summed E-state index contributed by atoms with van der Waals surface area (Å²) < 4.78 is 42.3. The van der Waals surface area contributed by atoms with Crippen molar-refractivity contribution in [2.75, 3.05) is 19.5 Å². The van der Waals surface area contributed by atoms with Gasteiger partial charge in [-0.2, -0.15) is 13.2 Å². The first-order valence-electron chi connectivity index (χ1n) is 3.08. The summed E-state index contributed by atoms with van der Waals surface area (Å²) in [6.07, 6.45) is -4.74. The molecule has 12 heavy (non-hydrogen) atoms. The van der Waals surface area contributed by atoms with Crippen LogP contribution in [0, 0.1) is 0 Å². The lowest BCUT2D eigenvalue weighted by atomic mass is 10.5. The minimum atomic E-state index is -4.00. The topological polar surface area (TPSA) is 18.5 Å². The molecule has 0 fully saturated rings. The summed E-state index contributed by atoms with van der Waals surface area (Å²) in [5.41, 5.74) is 0. The van der Waals surface area contributed by atoms with Crippen LogP contribution in [0.5, 0.6) is 0 Å². The van der Waals surface area contributed by atoms with Gasteiger partial charge in [0.15, 0.2) is 0 Å². The fourth-order valence-corrected chi connectivity index (χ4v) is 0.910. The van der Waals surface area contributed by atoms with E-state index in [9.17, 15) is 13.2 Å². The largest absolute Gasteiger partial charge is 0.402 e. The Kier molecular flexibility index (Phi) is 11.8. The molecule has 0 aromatic rings. The second-order valence-corrected chi connectivity index (χ2v) is 3.93. The van der Waals surface area contributed by atoms with Gasteiger partial charge in [0.1, 0.15) is 0 Å². The van der Waals surface area contributed by atoms with E-state index in [-0.39, 0.29) is 5.33 Å². The lowest BCUT2D eigenvalue weighted by molar-refractivity contribution is -0.129. The van der Waals surface area contributed by atoms with E-state index in [0.29, 0.717) is 0 Å². The highest BCUT2D eigenvalue weighted by Crippen LogP contribution is 2.19. The van der Waals surface area contributed by atoms with Crippen molar-refractivity contribution in [1.29, 1.82) is 0 Å². The van der Waals surface area contributed by atoms with E-state index < -0.39 is 22.6 Å². The van der Waals surface area contributed by atoms with Gasteiger partial charge in [-0.25, -0.2) is 0 Å². The maximum atomic E-state index is 11.0. The lowest BCUT2D eigenvalue weighted by Crippen LogP contribution is -2.06. The van der Waals surface area contributed by atoms with Crippen LogP contribution in [0.2, 0.25) is 0 Å². The average molecular weight is 269 g/mol. The predicted molar refractivity (Wildman–Crippen MR) is 47.0 cm³/mol. The highest BCUT2D eigenvalue weighted by atomic mass is 79.9.